The Kier molecular flexibility index (Phi) is 7.18. The van der Waals surface area contributed by atoms with E-state index in [1.54, 1.807) is 0 Å². The Hall–Kier alpha value is -0.730. The van der Waals surface area contributed by atoms with E-state index in [2.05, 4.69) is 19.9 Å². The standard InChI is InChI=1S/C13H21NO.ClH/c1-4-10(3)13(14)11-7-6-8-12(9-11)15-5-2;/h6-10,13H,4-5,14H2,1-3H3;1H/t10?,13-;/m0./s1. The molecule has 0 aliphatic carbocycles. The lowest BCUT2D eigenvalue weighted by molar-refractivity contribution is 0.339. The molecule has 1 aromatic rings. The molecule has 0 fully saturated rings. The lowest BCUT2D eigenvalue weighted by atomic mass is 9.93. The fourth-order valence-corrected chi connectivity index (χ4v) is 1.56. The van der Waals surface area contributed by atoms with Crippen LogP contribution in [0.5, 0.6) is 5.75 Å². The van der Waals surface area contributed by atoms with Crippen LogP contribution in [-0.2, 0) is 0 Å². The Bertz CT molecular complexity index is 304. The summed E-state index contributed by atoms with van der Waals surface area (Å²) in [5.41, 5.74) is 7.32. The van der Waals surface area contributed by atoms with Gasteiger partial charge in [-0.05, 0) is 30.5 Å². The molecule has 1 aromatic carbocycles. The number of ether oxygens (including phenoxy) is 1. The Morgan fingerprint density at radius 3 is 2.56 bits per heavy atom. The topological polar surface area (TPSA) is 35.2 Å². The number of hydrogen-bond acceptors (Lipinski definition) is 2. The summed E-state index contributed by atoms with van der Waals surface area (Å²) < 4.78 is 5.45. The fraction of sp³-hybridized carbons (Fsp3) is 0.538. The average Bonchev–Trinajstić information content (AvgIpc) is 2.28. The number of rotatable bonds is 5. The zero-order chi connectivity index (χ0) is 11.3. The molecule has 0 heterocycles. The molecule has 2 nitrogen and oxygen atoms in total. The SMILES string of the molecule is CCOc1cccc([C@@H](N)C(C)CC)c1.Cl. The van der Waals surface area contributed by atoms with E-state index >= 15 is 0 Å². The molecule has 2 N–H and O–H groups in total. The molecule has 0 spiro atoms. The van der Waals surface area contributed by atoms with Gasteiger partial charge in [0.1, 0.15) is 5.75 Å². The second-order valence-corrected chi connectivity index (χ2v) is 3.92. The van der Waals surface area contributed by atoms with Crippen molar-refractivity contribution in [2.45, 2.75) is 33.2 Å². The third kappa shape index (κ3) is 4.03. The molecule has 1 unspecified atom stereocenters. The normalized spacial score (nSPS) is 13.8. The lowest BCUT2D eigenvalue weighted by Gasteiger charge is -2.19. The molecule has 0 aliphatic rings. The van der Waals surface area contributed by atoms with Gasteiger partial charge in [-0.1, -0.05) is 32.4 Å². The molecule has 0 aromatic heterocycles. The Morgan fingerprint density at radius 2 is 2.00 bits per heavy atom. The first-order valence-electron chi connectivity index (χ1n) is 5.67. The summed E-state index contributed by atoms with van der Waals surface area (Å²) in [5, 5.41) is 0. The number of hydrogen-bond donors (Lipinski definition) is 1. The molecule has 0 radical (unpaired) electrons. The average molecular weight is 244 g/mol. The van der Waals surface area contributed by atoms with Crippen LogP contribution >= 0.6 is 12.4 Å². The second kappa shape index (κ2) is 7.53. The molecule has 0 saturated carbocycles. The predicted molar refractivity (Wildman–Crippen MR) is 71.2 cm³/mol. The molecule has 2 atom stereocenters. The van der Waals surface area contributed by atoms with Gasteiger partial charge in [0.15, 0.2) is 0 Å². The van der Waals surface area contributed by atoms with E-state index in [0.717, 1.165) is 17.7 Å². The molecule has 16 heavy (non-hydrogen) atoms. The van der Waals surface area contributed by atoms with Crippen molar-refractivity contribution in [1.29, 1.82) is 0 Å². The maximum absolute atomic E-state index is 6.16. The quantitative estimate of drug-likeness (QED) is 0.859. The fourth-order valence-electron chi connectivity index (χ4n) is 1.56. The zero-order valence-electron chi connectivity index (χ0n) is 10.3. The summed E-state index contributed by atoms with van der Waals surface area (Å²) in [7, 11) is 0. The first-order chi connectivity index (χ1) is 7.19. The summed E-state index contributed by atoms with van der Waals surface area (Å²) in [6, 6.07) is 8.19. The molecular formula is C13H22ClNO. The van der Waals surface area contributed by atoms with Crippen LogP contribution in [0, 0.1) is 5.92 Å². The van der Waals surface area contributed by atoms with Gasteiger partial charge in [-0.15, -0.1) is 12.4 Å². The van der Waals surface area contributed by atoms with E-state index in [4.69, 9.17) is 10.5 Å². The van der Waals surface area contributed by atoms with Crippen molar-refractivity contribution in [2.75, 3.05) is 6.61 Å². The molecule has 0 aliphatic heterocycles. The highest BCUT2D eigenvalue weighted by Crippen LogP contribution is 2.24. The van der Waals surface area contributed by atoms with Crippen molar-refractivity contribution < 1.29 is 4.74 Å². The van der Waals surface area contributed by atoms with Crippen LogP contribution in [0.15, 0.2) is 24.3 Å². The minimum atomic E-state index is 0. The molecule has 0 bridgehead atoms. The van der Waals surface area contributed by atoms with Crippen molar-refractivity contribution >= 4 is 12.4 Å². The minimum absolute atomic E-state index is 0. The van der Waals surface area contributed by atoms with Gasteiger partial charge in [-0.25, -0.2) is 0 Å². The minimum Gasteiger partial charge on any atom is -0.494 e. The molecule has 0 saturated heterocycles. The summed E-state index contributed by atoms with van der Waals surface area (Å²) in [4.78, 5) is 0. The highest BCUT2D eigenvalue weighted by molar-refractivity contribution is 5.85. The van der Waals surface area contributed by atoms with Crippen molar-refractivity contribution in [1.82, 2.24) is 0 Å². The molecule has 3 heteroatoms. The summed E-state index contributed by atoms with van der Waals surface area (Å²) in [6.45, 7) is 7.03. The van der Waals surface area contributed by atoms with Crippen molar-refractivity contribution in [3.05, 3.63) is 29.8 Å². The van der Waals surface area contributed by atoms with Crippen LogP contribution < -0.4 is 10.5 Å². The number of halogens is 1. The van der Waals surface area contributed by atoms with Gasteiger partial charge in [0.05, 0.1) is 6.61 Å². The molecular weight excluding hydrogens is 222 g/mol. The van der Waals surface area contributed by atoms with E-state index < -0.39 is 0 Å². The molecule has 1 rings (SSSR count). The maximum atomic E-state index is 6.16. The van der Waals surface area contributed by atoms with Gasteiger partial charge in [0, 0.05) is 6.04 Å². The van der Waals surface area contributed by atoms with Crippen LogP contribution in [0.4, 0.5) is 0 Å². The van der Waals surface area contributed by atoms with Crippen molar-refractivity contribution in [3.8, 4) is 5.75 Å². The summed E-state index contributed by atoms with van der Waals surface area (Å²) in [5.74, 6) is 1.41. The van der Waals surface area contributed by atoms with Crippen LogP contribution in [0.1, 0.15) is 38.8 Å². The second-order valence-electron chi connectivity index (χ2n) is 3.92. The van der Waals surface area contributed by atoms with Crippen LogP contribution in [0.25, 0.3) is 0 Å². The van der Waals surface area contributed by atoms with E-state index in [1.807, 2.05) is 25.1 Å². The molecule has 0 amide bonds. The van der Waals surface area contributed by atoms with Crippen molar-refractivity contribution in [3.63, 3.8) is 0 Å². The maximum Gasteiger partial charge on any atom is 0.119 e. The zero-order valence-corrected chi connectivity index (χ0v) is 11.1. The summed E-state index contributed by atoms with van der Waals surface area (Å²) >= 11 is 0. The smallest absolute Gasteiger partial charge is 0.119 e. The van der Waals surface area contributed by atoms with Gasteiger partial charge in [0.25, 0.3) is 0 Å². The van der Waals surface area contributed by atoms with Gasteiger partial charge >= 0.3 is 0 Å². The van der Waals surface area contributed by atoms with Gasteiger partial charge < -0.3 is 10.5 Å². The van der Waals surface area contributed by atoms with Gasteiger partial charge in [-0.2, -0.15) is 0 Å². The lowest BCUT2D eigenvalue weighted by Crippen LogP contribution is -2.18. The van der Waals surface area contributed by atoms with Gasteiger partial charge in [-0.3, -0.25) is 0 Å². The van der Waals surface area contributed by atoms with E-state index in [0.29, 0.717) is 12.5 Å². The van der Waals surface area contributed by atoms with Gasteiger partial charge in [0.2, 0.25) is 0 Å². The first kappa shape index (κ1) is 15.3. The Labute approximate surface area is 105 Å². The third-order valence-corrected chi connectivity index (χ3v) is 2.81. The monoisotopic (exact) mass is 243 g/mol. The van der Waals surface area contributed by atoms with Crippen molar-refractivity contribution in [2.24, 2.45) is 11.7 Å². The van der Waals surface area contributed by atoms with E-state index in [-0.39, 0.29) is 18.4 Å². The van der Waals surface area contributed by atoms with Crippen LogP contribution in [0.2, 0.25) is 0 Å². The van der Waals surface area contributed by atoms with E-state index in [1.165, 1.54) is 0 Å². The largest absolute Gasteiger partial charge is 0.494 e. The predicted octanol–water partition coefficient (Wildman–Crippen LogP) is 3.55. The Morgan fingerprint density at radius 1 is 1.31 bits per heavy atom. The highest BCUT2D eigenvalue weighted by Gasteiger charge is 2.13. The highest BCUT2D eigenvalue weighted by atomic mass is 35.5. The third-order valence-electron chi connectivity index (χ3n) is 2.81. The van der Waals surface area contributed by atoms with Crippen LogP contribution in [0.3, 0.4) is 0 Å². The molecule has 92 valence electrons. The number of benzene rings is 1. The number of nitrogens with two attached hydrogens (primary N) is 1. The van der Waals surface area contributed by atoms with Crippen LogP contribution in [-0.4, -0.2) is 6.61 Å². The summed E-state index contributed by atoms with van der Waals surface area (Å²) in [6.07, 6.45) is 1.10. The Balaban J connectivity index is 0.00000225. The first-order valence-corrected chi connectivity index (χ1v) is 5.67. The van der Waals surface area contributed by atoms with E-state index in [9.17, 15) is 0 Å².